The Morgan fingerprint density at radius 3 is 2.19 bits per heavy atom. The number of fused-ring (bicyclic) bond motifs is 5. The number of rotatable bonds is 24. The Morgan fingerprint density at radius 1 is 0.788 bits per heavy atom. The van der Waals surface area contributed by atoms with Gasteiger partial charge in [-0.15, -0.1) is 0 Å². The van der Waals surface area contributed by atoms with Gasteiger partial charge >= 0.3 is 0 Å². The highest BCUT2D eigenvalue weighted by molar-refractivity contribution is 5.76. The number of amides is 2. The average molecular weight is 722 g/mol. The molecule has 9 atom stereocenters. The number of carbonyl (C=O) groups is 2. The normalized spacial score (nSPS) is 31.6. The number of azide groups is 1. The molecule has 0 heterocycles. The van der Waals surface area contributed by atoms with Gasteiger partial charge in [0.2, 0.25) is 11.8 Å². The van der Waals surface area contributed by atoms with Gasteiger partial charge in [0.1, 0.15) is 0 Å². The van der Waals surface area contributed by atoms with E-state index in [2.05, 4.69) is 60.5 Å². The minimum Gasteiger partial charge on any atom is -0.356 e. The summed E-state index contributed by atoms with van der Waals surface area (Å²) < 4.78 is 0. The zero-order chi connectivity index (χ0) is 37.2. The van der Waals surface area contributed by atoms with Gasteiger partial charge in [-0.25, -0.2) is 0 Å². The van der Waals surface area contributed by atoms with Crippen molar-refractivity contribution in [2.45, 2.75) is 201 Å². The molecular formula is C45H79N5O2. The minimum atomic E-state index is 0.136. The van der Waals surface area contributed by atoms with Crippen LogP contribution in [0, 0.1) is 46.3 Å². The lowest BCUT2D eigenvalue weighted by atomic mass is 9.44. The molecule has 4 aliphatic rings. The lowest BCUT2D eigenvalue weighted by molar-refractivity contribution is -0.128. The van der Waals surface area contributed by atoms with Gasteiger partial charge in [-0.05, 0) is 155 Å². The molecule has 4 aliphatic carbocycles. The Hall–Kier alpha value is -2.01. The summed E-state index contributed by atoms with van der Waals surface area (Å²) in [5.41, 5.74) is 9.26. The number of hydrogen-bond donors (Lipinski definition) is 2. The first-order chi connectivity index (χ1) is 25.2. The van der Waals surface area contributed by atoms with Crippen molar-refractivity contribution < 1.29 is 9.59 Å². The smallest absolute Gasteiger partial charge is 0.220 e. The van der Waals surface area contributed by atoms with Gasteiger partial charge in [0, 0.05) is 36.9 Å². The highest BCUT2D eigenvalue weighted by atomic mass is 16.2. The van der Waals surface area contributed by atoms with Crippen LogP contribution < -0.4 is 10.6 Å². The van der Waals surface area contributed by atoms with Crippen molar-refractivity contribution in [1.29, 1.82) is 0 Å². The van der Waals surface area contributed by atoms with Crippen molar-refractivity contribution in [1.82, 2.24) is 10.6 Å². The van der Waals surface area contributed by atoms with E-state index in [0.717, 1.165) is 48.9 Å². The van der Waals surface area contributed by atoms with Gasteiger partial charge in [0.15, 0.2) is 0 Å². The average Bonchev–Trinajstić information content (AvgIpc) is 3.49. The summed E-state index contributed by atoms with van der Waals surface area (Å²) in [6.07, 6.45) is 36.3. The van der Waals surface area contributed by atoms with Gasteiger partial charge in [-0.2, -0.15) is 0 Å². The topological polar surface area (TPSA) is 107 Å². The maximum absolute atomic E-state index is 13.0. The van der Waals surface area contributed by atoms with Crippen molar-refractivity contribution in [2.24, 2.45) is 51.5 Å². The number of nitrogens with zero attached hydrogens (tertiary/aromatic N) is 3. The SMILES string of the molecule is CCCCCCCCC=CCCCCCCCC(=O)N[C@H]1CC[C@@]2(C)C(CCC3C2CC[C@@]2(C)C3CC[C@@H]2[C@H](C)CCC(=O)NCCCN=[N+]=[N-])C1. The van der Waals surface area contributed by atoms with Crippen LogP contribution in [0.5, 0.6) is 0 Å². The Balaban J connectivity index is 1.10. The van der Waals surface area contributed by atoms with Crippen LogP contribution in [-0.4, -0.2) is 30.9 Å². The lowest BCUT2D eigenvalue weighted by Crippen LogP contribution is -2.55. The molecule has 4 rings (SSSR count). The standard InChI is InChI=1S/C45H79N5O2/c1-5-6-7-8-9-10-11-12-13-14-15-16-17-18-19-21-43(52)49-37-28-30-44(3)36(34-37)23-24-38-40-26-25-39(45(40,4)31-29-41(38)44)35(2)22-27-42(51)47-32-20-33-48-50-46/h12-13,35-41H,5-11,14-34H2,1-4H3,(H,47,51)(H,49,52)/t35-,36?,37+,38?,39-,40?,41?,44+,45-/m1/s1. The number of nitrogens with one attached hydrogen (secondary N) is 2. The van der Waals surface area contributed by atoms with Gasteiger partial charge in [0.05, 0.1) is 0 Å². The van der Waals surface area contributed by atoms with Crippen molar-refractivity contribution in [3.05, 3.63) is 22.6 Å². The van der Waals surface area contributed by atoms with Crippen molar-refractivity contribution in [3.8, 4) is 0 Å². The van der Waals surface area contributed by atoms with Crippen molar-refractivity contribution >= 4 is 11.8 Å². The summed E-state index contributed by atoms with van der Waals surface area (Å²) in [7, 11) is 0. The second kappa shape index (κ2) is 22.4. The van der Waals surface area contributed by atoms with E-state index in [4.69, 9.17) is 5.53 Å². The quantitative estimate of drug-likeness (QED) is 0.0340. The predicted molar refractivity (Wildman–Crippen MR) is 217 cm³/mol. The van der Waals surface area contributed by atoms with Crippen LogP contribution >= 0.6 is 0 Å². The molecule has 0 aromatic heterocycles. The molecule has 7 heteroatoms. The number of allylic oxidation sites excluding steroid dienone is 2. The molecule has 4 fully saturated rings. The van der Waals surface area contributed by atoms with E-state index in [1.165, 1.54) is 128 Å². The Bertz CT molecular complexity index is 1150. The van der Waals surface area contributed by atoms with Crippen LogP contribution in [0.25, 0.3) is 10.4 Å². The zero-order valence-electron chi connectivity index (χ0n) is 34.2. The molecule has 0 radical (unpaired) electrons. The Morgan fingerprint density at radius 2 is 1.46 bits per heavy atom. The van der Waals surface area contributed by atoms with E-state index in [-0.39, 0.29) is 5.91 Å². The van der Waals surface area contributed by atoms with Crippen LogP contribution in [-0.2, 0) is 9.59 Å². The molecule has 2 N–H and O–H groups in total. The highest BCUT2D eigenvalue weighted by Gasteiger charge is 2.60. The molecular weight excluding hydrogens is 643 g/mol. The molecule has 0 saturated heterocycles. The molecule has 2 amide bonds. The molecule has 4 unspecified atom stereocenters. The summed E-state index contributed by atoms with van der Waals surface area (Å²) in [6.45, 7) is 11.0. The van der Waals surface area contributed by atoms with Crippen molar-refractivity contribution in [2.75, 3.05) is 13.1 Å². The Labute approximate surface area is 319 Å². The highest BCUT2D eigenvalue weighted by Crippen LogP contribution is 2.68. The van der Waals surface area contributed by atoms with E-state index in [9.17, 15) is 9.59 Å². The molecule has 4 saturated carbocycles. The van der Waals surface area contributed by atoms with Crippen LogP contribution in [0.2, 0.25) is 0 Å². The van der Waals surface area contributed by atoms with Gasteiger partial charge < -0.3 is 10.6 Å². The molecule has 52 heavy (non-hydrogen) atoms. The van der Waals surface area contributed by atoms with Gasteiger partial charge in [-0.1, -0.05) is 96.3 Å². The molecule has 0 spiro atoms. The van der Waals surface area contributed by atoms with Crippen LogP contribution in [0.4, 0.5) is 0 Å². The molecule has 296 valence electrons. The molecule has 0 aromatic rings. The lowest BCUT2D eigenvalue weighted by Gasteiger charge is -2.61. The third kappa shape index (κ3) is 12.3. The fourth-order valence-corrected chi connectivity index (χ4v) is 12.1. The second-order valence-electron chi connectivity index (χ2n) is 18.4. The van der Waals surface area contributed by atoms with Gasteiger partial charge in [-0.3, -0.25) is 9.59 Å². The first kappa shape index (κ1) is 42.7. The van der Waals surface area contributed by atoms with Crippen LogP contribution in [0.3, 0.4) is 0 Å². The predicted octanol–water partition coefficient (Wildman–Crippen LogP) is 12.4. The zero-order valence-corrected chi connectivity index (χ0v) is 34.2. The van der Waals surface area contributed by atoms with Crippen LogP contribution in [0.15, 0.2) is 17.3 Å². The number of carbonyl (C=O) groups excluding carboxylic acids is 2. The minimum absolute atomic E-state index is 0.136. The fraction of sp³-hybridized carbons (Fsp3) is 0.911. The molecule has 0 aliphatic heterocycles. The third-order valence-electron chi connectivity index (χ3n) is 15.1. The van der Waals surface area contributed by atoms with Crippen LogP contribution in [0.1, 0.15) is 195 Å². The number of hydrogen-bond acceptors (Lipinski definition) is 3. The summed E-state index contributed by atoms with van der Waals surface area (Å²) in [5, 5.41) is 10.1. The first-order valence-electron chi connectivity index (χ1n) is 22.4. The monoisotopic (exact) mass is 722 g/mol. The summed E-state index contributed by atoms with van der Waals surface area (Å²) in [6, 6.07) is 0.374. The molecule has 0 bridgehead atoms. The van der Waals surface area contributed by atoms with Crippen molar-refractivity contribution in [3.63, 3.8) is 0 Å². The van der Waals surface area contributed by atoms with E-state index in [1.54, 1.807) is 0 Å². The summed E-state index contributed by atoms with van der Waals surface area (Å²) in [4.78, 5) is 28.3. The third-order valence-corrected chi connectivity index (χ3v) is 15.1. The molecule has 0 aromatic carbocycles. The maximum Gasteiger partial charge on any atom is 0.220 e. The first-order valence-corrected chi connectivity index (χ1v) is 22.4. The molecule has 7 nitrogen and oxygen atoms in total. The fourth-order valence-electron chi connectivity index (χ4n) is 12.1. The maximum atomic E-state index is 13.0. The van der Waals surface area contributed by atoms with E-state index >= 15 is 0 Å². The summed E-state index contributed by atoms with van der Waals surface area (Å²) in [5.74, 6) is 4.98. The number of unbranched alkanes of at least 4 members (excludes halogenated alkanes) is 11. The second-order valence-corrected chi connectivity index (χ2v) is 18.4. The van der Waals surface area contributed by atoms with E-state index < -0.39 is 0 Å². The Kier molecular flexibility index (Phi) is 18.4. The van der Waals surface area contributed by atoms with E-state index in [0.29, 0.717) is 61.0 Å². The van der Waals surface area contributed by atoms with Gasteiger partial charge in [0.25, 0.3) is 0 Å². The largest absolute Gasteiger partial charge is 0.356 e. The summed E-state index contributed by atoms with van der Waals surface area (Å²) >= 11 is 0. The van der Waals surface area contributed by atoms with E-state index in [1.807, 2.05) is 0 Å².